The highest BCUT2D eigenvalue weighted by Crippen LogP contribution is 2.16. The summed E-state index contributed by atoms with van der Waals surface area (Å²) in [6.07, 6.45) is 0. The molecule has 0 bridgehead atoms. The van der Waals surface area contributed by atoms with E-state index in [0.29, 0.717) is 12.1 Å². The SMILES string of the molecule is CCn1nc(C)c(CNC(=O)c2nc(-c3ccc(F)cc3)no2)c1C. The van der Waals surface area contributed by atoms with Crippen molar-refractivity contribution in [3.8, 4) is 11.4 Å². The second-order valence-electron chi connectivity index (χ2n) is 5.58. The summed E-state index contributed by atoms with van der Waals surface area (Å²) in [5.74, 6) is -0.735. The average molecular weight is 343 g/mol. The first-order valence-electron chi connectivity index (χ1n) is 7.90. The van der Waals surface area contributed by atoms with E-state index >= 15 is 0 Å². The van der Waals surface area contributed by atoms with Crippen molar-refractivity contribution in [2.75, 3.05) is 0 Å². The molecule has 7 nitrogen and oxygen atoms in total. The predicted molar refractivity (Wildman–Crippen MR) is 88.2 cm³/mol. The van der Waals surface area contributed by atoms with Crippen LogP contribution in [0.25, 0.3) is 11.4 Å². The first-order chi connectivity index (χ1) is 12.0. The van der Waals surface area contributed by atoms with E-state index in [9.17, 15) is 9.18 Å². The number of benzene rings is 1. The largest absolute Gasteiger partial charge is 0.344 e. The van der Waals surface area contributed by atoms with Gasteiger partial charge < -0.3 is 9.84 Å². The molecule has 1 amide bonds. The zero-order chi connectivity index (χ0) is 18.0. The van der Waals surface area contributed by atoms with Crippen LogP contribution in [-0.4, -0.2) is 25.8 Å². The maximum atomic E-state index is 13.0. The van der Waals surface area contributed by atoms with Crippen LogP contribution in [0.15, 0.2) is 28.8 Å². The van der Waals surface area contributed by atoms with Crippen LogP contribution in [0.4, 0.5) is 4.39 Å². The molecule has 25 heavy (non-hydrogen) atoms. The first-order valence-corrected chi connectivity index (χ1v) is 7.90. The van der Waals surface area contributed by atoms with Crippen LogP contribution in [0.3, 0.4) is 0 Å². The summed E-state index contributed by atoms with van der Waals surface area (Å²) < 4.78 is 19.8. The average Bonchev–Trinajstić information content (AvgIpc) is 3.19. The van der Waals surface area contributed by atoms with Crippen LogP contribution in [-0.2, 0) is 13.1 Å². The van der Waals surface area contributed by atoms with E-state index in [1.807, 2.05) is 25.5 Å². The van der Waals surface area contributed by atoms with Gasteiger partial charge in [0.15, 0.2) is 0 Å². The Morgan fingerprint density at radius 1 is 1.28 bits per heavy atom. The molecule has 3 aromatic rings. The quantitative estimate of drug-likeness (QED) is 0.770. The summed E-state index contributed by atoms with van der Waals surface area (Å²) in [5, 5.41) is 10.9. The van der Waals surface area contributed by atoms with E-state index in [-0.39, 0.29) is 17.5 Å². The molecule has 0 spiro atoms. The van der Waals surface area contributed by atoms with Crippen LogP contribution in [0.5, 0.6) is 0 Å². The van der Waals surface area contributed by atoms with Crippen LogP contribution >= 0.6 is 0 Å². The zero-order valence-electron chi connectivity index (χ0n) is 14.2. The van der Waals surface area contributed by atoms with Gasteiger partial charge in [0.1, 0.15) is 5.82 Å². The van der Waals surface area contributed by atoms with Gasteiger partial charge in [-0.2, -0.15) is 10.1 Å². The molecule has 1 N–H and O–H groups in total. The number of halogens is 1. The predicted octanol–water partition coefficient (Wildman–Crippen LogP) is 2.64. The molecule has 0 aliphatic rings. The Bertz CT molecular complexity index is 898. The molecule has 2 heterocycles. The number of carbonyl (C=O) groups is 1. The van der Waals surface area contributed by atoms with Crippen molar-refractivity contribution in [3.63, 3.8) is 0 Å². The second-order valence-corrected chi connectivity index (χ2v) is 5.58. The molecule has 0 radical (unpaired) electrons. The van der Waals surface area contributed by atoms with E-state index in [1.165, 1.54) is 24.3 Å². The molecular formula is C17H18FN5O2. The van der Waals surface area contributed by atoms with Crippen molar-refractivity contribution in [2.24, 2.45) is 0 Å². The van der Waals surface area contributed by atoms with E-state index in [4.69, 9.17) is 4.52 Å². The third-order valence-corrected chi connectivity index (χ3v) is 3.98. The molecule has 0 unspecified atom stereocenters. The Morgan fingerprint density at radius 3 is 2.64 bits per heavy atom. The third-order valence-electron chi connectivity index (χ3n) is 3.98. The van der Waals surface area contributed by atoms with Gasteiger partial charge in [0.05, 0.1) is 5.69 Å². The van der Waals surface area contributed by atoms with E-state index in [1.54, 1.807) is 0 Å². The van der Waals surface area contributed by atoms with Gasteiger partial charge in [-0.1, -0.05) is 5.16 Å². The molecule has 0 fully saturated rings. The molecule has 0 aliphatic carbocycles. The third kappa shape index (κ3) is 3.42. The number of aromatic nitrogens is 4. The van der Waals surface area contributed by atoms with Gasteiger partial charge in [-0.15, -0.1) is 0 Å². The lowest BCUT2D eigenvalue weighted by Gasteiger charge is -2.03. The first kappa shape index (κ1) is 16.8. The lowest BCUT2D eigenvalue weighted by Crippen LogP contribution is -2.23. The van der Waals surface area contributed by atoms with Gasteiger partial charge in [0.2, 0.25) is 5.82 Å². The smallest absolute Gasteiger partial charge is 0.316 e. The van der Waals surface area contributed by atoms with E-state index in [0.717, 1.165) is 23.5 Å². The zero-order valence-corrected chi connectivity index (χ0v) is 14.2. The molecule has 0 saturated carbocycles. The second kappa shape index (κ2) is 6.84. The monoisotopic (exact) mass is 343 g/mol. The molecule has 8 heteroatoms. The topological polar surface area (TPSA) is 85.8 Å². The lowest BCUT2D eigenvalue weighted by molar-refractivity contribution is 0.0907. The summed E-state index contributed by atoms with van der Waals surface area (Å²) in [5.41, 5.74) is 3.42. The van der Waals surface area contributed by atoms with Crippen molar-refractivity contribution in [2.45, 2.75) is 33.9 Å². The van der Waals surface area contributed by atoms with Gasteiger partial charge in [0, 0.05) is 29.9 Å². The van der Waals surface area contributed by atoms with Crippen LogP contribution in [0, 0.1) is 19.7 Å². The van der Waals surface area contributed by atoms with Crippen molar-refractivity contribution in [1.29, 1.82) is 0 Å². The number of nitrogens with zero attached hydrogens (tertiary/aromatic N) is 4. The maximum Gasteiger partial charge on any atom is 0.316 e. The summed E-state index contributed by atoms with van der Waals surface area (Å²) in [6, 6.07) is 5.63. The van der Waals surface area contributed by atoms with Crippen LogP contribution in [0.1, 0.15) is 34.6 Å². The minimum atomic E-state index is -0.469. The number of aryl methyl sites for hydroxylation is 2. The highest BCUT2D eigenvalue weighted by atomic mass is 19.1. The lowest BCUT2D eigenvalue weighted by atomic mass is 10.2. The summed E-state index contributed by atoms with van der Waals surface area (Å²) in [6.45, 7) is 6.97. The fourth-order valence-corrected chi connectivity index (χ4v) is 2.57. The summed E-state index contributed by atoms with van der Waals surface area (Å²) in [4.78, 5) is 16.3. The Labute approximate surface area is 143 Å². The Balaban J connectivity index is 1.70. The van der Waals surface area contributed by atoms with Gasteiger partial charge >= 0.3 is 11.8 Å². The highest BCUT2D eigenvalue weighted by molar-refractivity contribution is 5.89. The minimum Gasteiger partial charge on any atom is -0.344 e. The molecule has 0 saturated heterocycles. The van der Waals surface area contributed by atoms with E-state index in [2.05, 4.69) is 20.6 Å². The molecule has 1 aromatic carbocycles. The molecule has 130 valence electrons. The molecule has 2 aromatic heterocycles. The van der Waals surface area contributed by atoms with Gasteiger partial charge in [-0.05, 0) is 45.0 Å². The number of rotatable bonds is 5. The van der Waals surface area contributed by atoms with Crippen molar-refractivity contribution >= 4 is 5.91 Å². The van der Waals surface area contributed by atoms with Crippen molar-refractivity contribution in [1.82, 2.24) is 25.2 Å². The molecule has 0 atom stereocenters. The molecular weight excluding hydrogens is 325 g/mol. The van der Waals surface area contributed by atoms with Gasteiger partial charge in [0.25, 0.3) is 0 Å². The number of amides is 1. The molecule has 3 rings (SSSR count). The Kier molecular flexibility index (Phi) is 4.60. The fraction of sp³-hybridized carbons (Fsp3) is 0.294. The van der Waals surface area contributed by atoms with Crippen LogP contribution < -0.4 is 5.32 Å². The standard InChI is InChI=1S/C17H18FN5O2/c1-4-23-11(3)14(10(2)21-23)9-19-16(24)17-20-15(22-25-17)12-5-7-13(18)8-6-12/h5-8H,4,9H2,1-3H3,(H,19,24). The van der Waals surface area contributed by atoms with Gasteiger partial charge in [-0.3, -0.25) is 9.48 Å². The molecule has 0 aliphatic heterocycles. The Hall–Kier alpha value is -3.03. The van der Waals surface area contributed by atoms with Crippen molar-refractivity contribution < 1.29 is 13.7 Å². The Morgan fingerprint density at radius 2 is 2.00 bits per heavy atom. The summed E-state index contributed by atoms with van der Waals surface area (Å²) >= 11 is 0. The number of nitrogens with one attached hydrogen (secondary N) is 1. The minimum absolute atomic E-state index is 0.141. The fourth-order valence-electron chi connectivity index (χ4n) is 2.57. The van der Waals surface area contributed by atoms with Gasteiger partial charge in [-0.25, -0.2) is 4.39 Å². The number of carbonyl (C=O) groups excluding carboxylic acids is 1. The maximum absolute atomic E-state index is 13.0. The number of hydrogen-bond acceptors (Lipinski definition) is 5. The number of hydrogen-bond donors (Lipinski definition) is 1. The van der Waals surface area contributed by atoms with E-state index < -0.39 is 5.91 Å². The normalized spacial score (nSPS) is 10.9. The highest BCUT2D eigenvalue weighted by Gasteiger charge is 2.18. The van der Waals surface area contributed by atoms with Crippen molar-refractivity contribution in [3.05, 3.63) is 52.9 Å². The summed E-state index contributed by atoms with van der Waals surface area (Å²) in [7, 11) is 0. The van der Waals surface area contributed by atoms with Crippen LogP contribution in [0.2, 0.25) is 0 Å².